The van der Waals surface area contributed by atoms with Crippen LogP contribution in [0.25, 0.3) is 11.5 Å². The van der Waals surface area contributed by atoms with Crippen molar-refractivity contribution in [2.24, 2.45) is 0 Å². The number of pyridine rings is 1. The molecule has 0 saturated carbocycles. The molecule has 1 aliphatic heterocycles. The molecule has 0 radical (unpaired) electrons. The van der Waals surface area contributed by atoms with Gasteiger partial charge in [0.05, 0.1) is 6.10 Å². The zero-order valence-electron chi connectivity index (χ0n) is 10.9. The van der Waals surface area contributed by atoms with Gasteiger partial charge in [0.25, 0.3) is 5.89 Å². The van der Waals surface area contributed by atoms with Gasteiger partial charge in [-0.25, -0.2) is 0 Å². The Morgan fingerprint density at radius 1 is 1.35 bits per heavy atom. The van der Waals surface area contributed by atoms with E-state index >= 15 is 0 Å². The summed E-state index contributed by atoms with van der Waals surface area (Å²) in [6.45, 7) is 2.36. The van der Waals surface area contributed by atoms with E-state index in [0.29, 0.717) is 24.0 Å². The van der Waals surface area contributed by atoms with E-state index in [4.69, 9.17) is 9.26 Å². The molecule has 0 bridgehead atoms. The lowest BCUT2D eigenvalue weighted by molar-refractivity contribution is 0.00859. The molecule has 0 atom stereocenters. The van der Waals surface area contributed by atoms with Crippen molar-refractivity contribution in [2.45, 2.75) is 25.6 Å². The lowest BCUT2D eigenvalue weighted by Crippen LogP contribution is -2.32. The number of rotatable bonds is 4. The first-order chi connectivity index (χ1) is 9.81. The van der Waals surface area contributed by atoms with E-state index in [2.05, 4.69) is 36.4 Å². The maximum Gasteiger partial charge on any atom is 0.253 e. The summed E-state index contributed by atoms with van der Waals surface area (Å²) in [5.41, 5.74) is 0.685. The van der Waals surface area contributed by atoms with Crippen molar-refractivity contribution in [1.29, 1.82) is 0 Å². The van der Waals surface area contributed by atoms with E-state index < -0.39 is 0 Å². The zero-order valence-corrected chi connectivity index (χ0v) is 12.5. The fraction of sp³-hybridized carbons (Fsp3) is 0.462. The molecule has 1 aliphatic rings. The normalized spacial score (nSPS) is 16.4. The number of aromatic nitrogens is 3. The Labute approximate surface area is 125 Å². The Balaban J connectivity index is 1.60. The number of hydrogen-bond donors (Lipinski definition) is 1. The lowest BCUT2D eigenvalue weighted by Gasteiger charge is -2.21. The molecule has 3 heterocycles. The number of nitrogens with zero attached hydrogens (tertiary/aromatic N) is 3. The van der Waals surface area contributed by atoms with E-state index in [0.717, 1.165) is 30.4 Å². The predicted octanol–water partition coefficient (Wildman–Crippen LogP) is 2.16. The molecule has 6 nitrogen and oxygen atoms in total. The molecule has 106 valence electrons. The number of halogens is 1. The van der Waals surface area contributed by atoms with Gasteiger partial charge in [0.1, 0.15) is 12.3 Å². The van der Waals surface area contributed by atoms with Crippen LogP contribution in [0.1, 0.15) is 18.7 Å². The van der Waals surface area contributed by atoms with E-state index in [1.807, 2.05) is 12.1 Å². The molecule has 2 aromatic heterocycles. The molecule has 1 N–H and O–H groups in total. The van der Waals surface area contributed by atoms with Crippen molar-refractivity contribution in [1.82, 2.24) is 20.4 Å². The molecule has 0 amide bonds. The summed E-state index contributed by atoms with van der Waals surface area (Å²) in [5.74, 6) is 0.977. The van der Waals surface area contributed by atoms with Crippen molar-refractivity contribution in [2.75, 3.05) is 13.1 Å². The molecule has 0 unspecified atom stereocenters. The van der Waals surface area contributed by atoms with Gasteiger partial charge in [-0.1, -0.05) is 5.16 Å². The third-order valence-corrected chi connectivity index (χ3v) is 3.62. The van der Waals surface area contributed by atoms with Crippen LogP contribution in [0.2, 0.25) is 0 Å². The van der Waals surface area contributed by atoms with Crippen LogP contribution in [0.5, 0.6) is 0 Å². The first-order valence-electron chi connectivity index (χ1n) is 6.58. The van der Waals surface area contributed by atoms with Crippen molar-refractivity contribution in [3.8, 4) is 11.5 Å². The Morgan fingerprint density at radius 2 is 2.20 bits per heavy atom. The Kier molecular flexibility index (Phi) is 4.39. The van der Waals surface area contributed by atoms with Crippen LogP contribution in [0.3, 0.4) is 0 Å². The summed E-state index contributed by atoms with van der Waals surface area (Å²) in [6.07, 6.45) is 4.03. The SMILES string of the molecule is Brc1ccc(-c2noc(COC3CCNCC3)n2)nc1. The fourth-order valence-electron chi connectivity index (χ4n) is 2.08. The first kappa shape index (κ1) is 13.7. The van der Waals surface area contributed by atoms with Gasteiger partial charge in [0, 0.05) is 10.7 Å². The lowest BCUT2D eigenvalue weighted by atomic mass is 10.1. The molecule has 20 heavy (non-hydrogen) atoms. The second kappa shape index (κ2) is 6.43. The van der Waals surface area contributed by atoms with Gasteiger partial charge in [0.2, 0.25) is 5.82 Å². The minimum absolute atomic E-state index is 0.275. The fourth-order valence-corrected chi connectivity index (χ4v) is 2.31. The zero-order chi connectivity index (χ0) is 13.8. The van der Waals surface area contributed by atoms with E-state index in [9.17, 15) is 0 Å². The van der Waals surface area contributed by atoms with E-state index in [1.54, 1.807) is 6.20 Å². The van der Waals surface area contributed by atoms with Gasteiger partial charge >= 0.3 is 0 Å². The Morgan fingerprint density at radius 3 is 2.95 bits per heavy atom. The van der Waals surface area contributed by atoms with Gasteiger partial charge in [-0.05, 0) is 54.0 Å². The highest BCUT2D eigenvalue weighted by Crippen LogP contribution is 2.17. The molecule has 2 aromatic rings. The Bertz CT molecular complexity index is 552. The van der Waals surface area contributed by atoms with Gasteiger partial charge in [-0.15, -0.1) is 0 Å². The monoisotopic (exact) mass is 338 g/mol. The van der Waals surface area contributed by atoms with Gasteiger partial charge in [-0.3, -0.25) is 4.98 Å². The van der Waals surface area contributed by atoms with Crippen LogP contribution >= 0.6 is 15.9 Å². The summed E-state index contributed by atoms with van der Waals surface area (Å²) < 4.78 is 11.9. The molecular weight excluding hydrogens is 324 g/mol. The average molecular weight is 339 g/mol. The van der Waals surface area contributed by atoms with Gasteiger partial charge in [-0.2, -0.15) is 4.98 Å². The minimum Gasteiger partial charge on any atom is -0.368 e. The number of piperidine rings is 1. The highest BCUT2D eigenvalue weighted by Gasteiger charge is 2.16. The average Bonchev–Trinajstić information content (AvgIpc) is 2.96. The topological polar surface area (TPSA) is 73.1 Å². The summed E-state index contributed by atoms with van der Waals surface area (Å²) >= 11 is 3.34. The van der Waals surface area contributed by atoms with Gasteiger partial charge < -0.3 is 14.6 Å². The standard InChI is InChI=1S/C13H15BrN4O2/c14-9-1-2-11(16-7-9)13-17-12(20-18-13)8-19-10-3-5-15-6-4-10/h1-2,7,10,15H,3-6,8H2. The smallest absolute Gasteiger partial charge is 0.253 e. The second-order valence-corrected chi connectivity index (χ2v) is 5.55. The summed E-state index contributed by atoms with van der Waals surface area (Å²) in [4.78, 5) is 8.53. The predicted molar refractivity (Wildman–Crippen MR) is 75.9 cm³/mol. The van der Waals surface area contributed by atoms with Crippen molar-refractivity contribution < 1.29 is 9.26 Å². The molecule has 0 spiro atoms. The van der Waals surface area contributed by atoms with Crippen LogP contribution in [-0.2, 0) is 11.3 Å². The summed E-state index contributed by atoms with van der Waals surface area (Å²) in [5, 5.41) is 7.22. The summed E-state index contributed by atoms with van der Waals surface area (Å²) in [7, 11) is 0. The van der Waals surface area contributed by atoms with Crippen LogP contribution in [0, 0.1) is 0 Å². The minimum atomic E-state index is 0.275. The van der Waals surface area contributed by atoms with Crippen molar-refractivity contribution in [3.05, 3.63) is 28.7 Å². The maximum atomic E-state index is 5.77. The molecular formula is C13H15BrN4O2. The molecule has 0 aliphatic carbocycles. The number of ether oxygens (including phenoxy) is 1. The molecule has 1 fully saturated rings. The maximum absolute atomic E-state index is 5.77. The summed E-state index contributed by atoms with van der Waals surface area (Å²) in [6, 6.07) is 3.73. The highest BCUT2D eigenvalue weighted by molar-refractivity contribution is 9.10. The molecule has 7 heteroatoms. The van der Waals surface area contributed by atoms with Crippen molar-refractivity contribution in [3.63, 3.8) is 0 Å². The van der Waals surface area contributed by atoms with Crippen molar-refractivity contribution >= 4 is 15.9 Å². The van der Waals surface area contributed by atoms with Crippen LogP contribution in [-0.4, -0.2) is 34.3 Å². The molecule has 1 saturated heterocycles. The largest absolute Gasteiger partial charge is 0.368 e. The van der Waals surface area contributed by atoms with Crippen LogP contribution in [0.4, 0.5) is 0 Å². The number of hydrogen-bond acceptors (Lipinski definition) is 6. The van der Waals surface area contributed by atoms with Crippen LogP contribution in [0.15, 0.2) is 27.3 Å². The van der Waals surface area contributed by atoms with E-state index in [-0.39, 0.29) is 6.10 Å². The third-order valence-electron chi connectivity index (χ3n) is 3.15. The van der Waals surface area contributed by atoms with Gasteiger partial charge in [0.15, 0.2) is 0 Å². The quantitative estimate of drug-likeness (QED) is 0.920. The highest BCUT2D eigenvalue weighted by atomic mass is 79.9. The number of nitrogens with one attached hydrogen (secondary N) is 1. The Hall–Kier alpha value is -1.31. The van der Waals surface area contributed by atoms with E-state index in [1.165, 1.54) is 0 Å². The molecule has 0 aromatic carbocycles. The first-order valence-corrected chi connectivity index (χ1v) is 7.37. The third kappa shape index (κ3) is 3.41. The second-order valence-electron chi connectivity index (χ2n) is 4.63. The molecule has 3 rings (SSSR count). The van der Waals surface area contributed by atoms with Crippen LogP contribution < -0.4 is 5.32 Å².